The summed E-state index contributed by atoms with van der Waals surface area (Å²) >= 11 is 0. The average Bonchev–Trinajstić information content (AvgIpc) is 2.51. The van der Waals surface area contributed by atoms with Gasteiger partial charge >= 0.3 is 0 Å². The topological polar surface area (TPSA) is 52.6 Å². The van der Waals surface area contributed by atoms with Crippen molar-refractivity contribution < 1.29 is 17.3 Å². The van der Waals surface area contributed by atoms with Crippen LogP contribution < -0.4 is 4.74 Å². The maximum atomic E-state index is 11.2. The van der Waals surface area contributed by atoms with Crippen LogP contribution in [0.3, 0.4) is 0 Å². The second-order valence-corrected chi connectivity index (χ2v) is 7.17. The second-order valence-electron chi connectivity index (χ2n) is 5.52. The molecule has 0 saturated carbocycles. The quantitative estimate of drug-likeness (QED) is 0.727. The molecule has 2 aromatic rings. The van der Waals surface area contributed by atoms with E-state index >= 15 is 0 Å². The summed E-state index contributed by atoms with van der Waals surface area (Å²) in [7, 11) is -1.80. The Morgan fingerprint density at radius 1 is 1.09 bits per heavy atom. The van der Waals surface area contributed by atoms with Gasteiger partial charge in [-0.15, -0.1) is 0 Å². The van der Waals surface area contributed by atoms with E-state index in [-0.39, 0.29) is 12.5 Å². The van der Waals surface area contributed by atoms with Gasteiger partial charge in [0.15, 0.2) is 0 Å². The molecule has 0 saturated heterocycles. The molecule has 0 amide bonds. The summed E-state index contributed by atoms with van der Waals surface area (Å²) in [4.78, 5) is 0. The third kappa shape index (κ3) is 5.08. The first-order valence-corrected chi connectivity index (χ1v) is 9.26. The van der Waals surface area contributed by atoms with E-state index < -0.39 is 10.1 Å². The van der Waals surface area contributed by atoms with Gasteiger partial charge in [-0.05, 0) is 25.0 Å². The van der Waals surface area contributed by atoms with E-state index in [0.29, 0.717) is 6.42 Å². The van der Waals surface area contributed by atoms with Crippen molar-refractivity contribution in [2.45, 2.75) is 19.3 Å². The molecule has 0 unspecified atom stereocenters. The lowest BCUT2D eigenvalue weighted by Crippen LogP contribution is -2.10. The Balaban J connectivity index is 2.36. The zero-order valence-corrected chi connectivity index (χ0v) is 14.5. The molecule has 0 spiro atoms. The van der Waals surface area contributed by atoms with E-state index in [0.717, 1.165) is 28.7 Å². The number of methoxy groups -OCH3 is 1. The van der Waals surface area contributed by atoms with E-state index in [1.165, 1.54) is 0 Å². The number of hydrogen-bond acceptors (Lipinski definition) is 4. The van der Waals surface area contributed by atoms with E-state index in [1.807, 2.05) is 49.4 Å². The zero-order valence-electron chi connectivity index (χ0n) is 13.7. The first-order chi connectivity index (χ1) is 10.9. The van der Waals surface area contributed by atoms with Crippen LogP contribution in [0.15, 0.2) is 48.5 Å². The van der Waals surface area contributed by atoms with Gasteiger partial charge in [0.1, 0.15) is 5.75 Å². The molecule has 0 aromatic heterocycles. The van der Waals surface area contributed by atoms with Crippen LogP contribution in [-0.4, -0.2) is 28.4 Å². The number of benzene rings is 2. The SMILES string of the molecule is COc1ccc(C)cc1[C@H](CCOS(C)(=O)=O)c1ccccc1. The van der Waals surface area contributed by atoms with Gasteiger partial charge in [0.2, 0.25) is 0 Å². The molecule has 4 nitrogen and oxygen atoms in total. The van der Waals surface area contributed by atoms with Crippen molar-refractivity contribution in [3.05, 3.63) is 65.2 Å². The molecule has 0 fully saturated rings. The minimum Gasteiger partial charge on any atom is -0.496 e. The fourth-order valence-corrected chi connectivity index (χ4v) is 3.03. The summed E-state index contributed by atoms with van der Waals surface area (Å²) < 4.78 is 32.9. The fraction of sp³-hybridized carbons (Fsp3) is 0.333. The summed E-state index contributed by atoms with van der Waals surface area (Å²) in [6.07, 6.45) is 1.62. The van der Waals surface area contributed by atoms with Crippen LogP contribution in [0.1, 0.15) is 29.0 Å². The molecule has 0 aliphatic rings. The third-order valence-electron chi connectivity index (χ3n) is 3.67. The van der Waals surface area contributed by atoms with Gasteiger partial charge in [-0.3, -0.25) is 4.18 Å². The van der Waals surface area contributed by atoms with Gasteiger partial charge in [0.05, 0.1) is 20.0 Å². The van der Waals surface area contributed by atoms with Crippen LogP contribution in [0.25, 0.3) is 0 Å². The average molecular weight is 334 g/mol. The summed E-state index contributed by atoms with van der Waals surface area (Å²) in [5, 5.41) is 0. The van der Waals surface area contributed by atoms with E-state index in [1.54, 1.807) is 7.11 Å². The highest BCUT2D eigenvalue weighted by Crippen LogP contribution is 2.35. The Labute approximate surface area is 138 Å². The Kier molecular flexibility index (Phi) is 5.80. The van der Waals surface area contributed by atoms with Crippen LogP contribution >= 0.6 is 0 Å². The normalized spacial score (nSPS) is 12.8. The molecule has 124 valence electrons. The number of aryl methyl sites for hydroxylation is 1. The Morgan fingerprint density at radius 2 is 1.78 bits per heavy atom. The highest BCUT2D eigenvalue weighted by molar-refractivity contribution is 7.85. The summed E-state index contributed by atoms with van der Waals surface area (Å²) in [6.45, 7) is 2.16. The third-order valence-corrected chi connectivity index (χ3v) is 4.26. The smallest absolute Gasteiger partial charge is 0.264 e. The van der Waals surface area contributed by atoms with Gasteiger partial charge < -0.3 is 4.74 Å². The van der Waals surface area contributed by atoms with Gasteiger partial charge in [0, 0.05) is 11.5 Å². The minimum absolute atomic E-state index is 0.00722. The predicted molar refractivity (Wildman–Crippen MR) is 91.4 cm³/mol. The highest BCUT2D eigenvalue weighted by atomic mass is 32.2. The van der Waals surface area contributed by atoms with Crippen molar-refractivity contribution in [3.63, 3.8) is 0 Å². The molecule has 0 heterocycles. The number of rotatable bonds is 7. The van der Waals surface area contributed by atoms with Gasteiger partial charge in [-0.2, -0.15) is 8.42 Å². The molecule has 23 heavy (non-hydrogen) atoms. The summed E-state index contributed by atoms with van der Waals surface area (Å²) in [6, 6.07) is 16.0. The lowest BCUT2D eigenvalue weighted by Gasteiger charge is -2.21. The molecule has 0 radical (unpaired) electrons. The number of hydrogen-bond donors (Lipinski definition) is 0. The molecule has 2 aromatic carbocycles. The highest BCUT2D eigenvalue weighted by Gasteiger charge is 2.19. The molecule has 5 heteroatoms. The molecule has 0 aliphatic heterocycles. The standard InChI is InChI=1S/C18H22O4S/c1-14-9-10-18(21-2)17(13-14)16(11-12-22-23(3,19)20)15-7-5-4-6-8-15/h4-10,13,16H,11-12H2,1-3H3/t16-/m1/s1. The maximum absolute atomic E-state index is 11.2. The maximum Gasteiger partial charge on any atom is 0.264 e. The summed E-state index contributed by atoms with van der Waals surface area (Å²) in [5.41, 5.74) is 3.27. The molecular weight excluding hydrogens is 312 g/mol. The van der Waals surface area contributed by atoms with Crippen molar-refractivity contribution in [1.29, 1.82) is 0 Å². The molecule has 1 atom stereocenters. The van der Waals surface area contributed by atoms with Crippen LogP contribution in [-0.2, 0) is 14.3 Å². The van der Waals surface area contributed by atoms with Crippen LogP contribution in [0.5, 0.6) is 5.75 Å². The minimum atomic E-state index is -3.44. The molecule has 2 rings (SSSR count). The lowest BCUT2D eigenvalue weighted by atomic mass is 9.87. The van der Waals surface area contributed by atoms with Crippen molar-refractivity contribution in [2.24, 2.45) is 0 Å². The molecule has 0 N–H and O–H groups in total. The Hall–Kier alpha value is -1.85. The van der Waals surface area contributed by atoms with Gasteiger partial charge in [-0.25, -0.2) is 0 Å². The van der Waals surface area contributed by atoms with E-state index in [9.17, 15) is 8.42 Å². The number of ether oxygens (including phenoxy) is 1. The van der Waals surface area contributed by atoms with Crippen molar-refractivity contribution in [1.82, 2.24) is 0 Å². The fourth-order valence-electron chi connectivity index (χ4n) is 2.63. The van der Waals surface area contributed by atoms with Crippen molar-refractivity contribution in [2.75, 3.05) is 20.0 Å². The molecular formula is C18H22O4S. The zero-order chi connectivity index (χ0) is 16.9. The lowest BCUT2D eigenvalue weighted by molar-refractivity contribution is 0.307. The predicted octanol–water partition coefficient (Wildman–Crippen LogP) is 3.50. The van der Waals surface area contributed by atoms with Gasteiger partial charge in [-0.1, -0.05) is 48.0 Å². The van der Waals surface area contributed by atoms with Crippen LogP contribution in [0.2, 0.25) is 0 Å². The first-order valence-electron chi connectivity index (χ1n) is 7.44. The first kappa shape index (κ1) is 17.5. The van der Waals surface area contributed by atoms with Crippen molar-refractivity contribution in [3.8, 4) is 5.75 Å². The van der Waals surface area contributed by atoms with Crippen molar-refractivity contribution >= 4 is 10.1 Å². The Bertz CT molecular complexity index is 739. The summed E-state index contributed by atoms with van der Waals surface area (Å²) in [5.74, 6) is 0.802. The van der Waals surface area contributed by atoms with Crippen LogP contribution in [0.4, 0.5) is 0 Å². The molecule has 0 aliphatic carbocycles. The monoisotopic (exact) mass is 334 g/mol. The second kappa shape index (κ2) is 7.62. The van der Waals surface area contributed by atoms with E-state index in [4.69, 9.17) is 8.92 Å². The van der Waals surface area contributed by atoms with Crippen LogP contribution in [0, 0.1) is 6.92 Å². The largest absolute Gasteiger partial charge is 0.496 e. The van der Waals surface area contributed by atoms with Gasteiger partial charge in [0.25, 0.3) is 10.1 Å². The molecule has 0 bridgehead atoms. The Morgan fingerprint density at radius 3 is 2.39 bits per heavy atom. The van der Waals surface area contributed by atoms with E-state index in [2.05, 4.69) is 6.07 Å².